The summed E-state index contributed by atoms with van der Waals surface area (Å²) in [6.45, 7) is 4.17. The Balaban J connectivity index is 2.46. The van der Waals surface area contributed by atoms with Crippen LogP contribution in [0.25, 0.3) is 5.69 Å². The Kier molecular flexibility index (Phi) is 3.24. The van der Waals surface area contributed by atoms with Crippen molar-refractivity contribution in [2.45, 2.75) is 26.7 Å². The lowest BCUT2D eigenvalue weighted by Gasteiger charge is -2.06. The highest BCUT2D eigenvalue weighted by Gasteiger charge is 2.09. The lowest BCUT2D eigenvalue weighted by Crippen LogP contribution is -2.02. The largest absolute Gasteiger partial charge is 0.236 e. The summed E-state index contributed by atoms with van der Waals surface area (Å²) in [5.41, 5.74) is 3.95. The molecule has 0 saturated carbocycles. The molecule has 0 fully saturated rings. The molecule has 0 unspecified atom stereocenters. The Morgan fingerprint density at radius 1 is 1.18 bits per heavy atom. The third-order valence-corrected chi connectivity index (χ3v) is 2.91. The molecular weight excluding hydrogens is 210 g/mol. The molecule has 86 valence electrons. The van der Waals surface area contributed by atoms with Crippen LogP contribution in [0.3, 0.4) is 0 Å². The molecule has 2 aromatic rings. The maximum Gasteiger partial charge on any atom is 0.103 e. The Bertz CT molecular complexity index is 544. The van der Waals surface area contributed by atoms with Crippen molar-refractivity contribution >= 4 is 0 Å². The molecule has 1 aromatic carbocycles. The van der Waals surface area contributed by atoms with Gasteiger partial charge in [0.25, 0.3) is 0 Å². The Morgan fingerprint density at radius 3 is 2.41 bits per heavy atom. The van der Waals surface area contributed by atoms with E-state index in [1.807, 2.05) is 23.7 Å². The van der Waals surface area contributed by atoms with Gasteiger partial charge in [0.1, 0.15) is 6.07 Å². The van der Waals surface area contributed by atoms with Crippen molar-refractivity contribution in [3.8, 4) is 11.8 Å². The molecule has 3 heteroatoms. The number of rotatable bonds is 3. The fourth-order valence-corrected chi connectivity index (χ4v) is 1.90. The summed E-state index contributed by atoms with van der Waals surface area (Å²) in [4.78, 5) is 0. The van der Waals surface area contributed by atoms with Crippen LogP contribution in [0.15, 0.2) is 30.5 Å². The van der Waals surface area contributed by atoms with Gasteiger partial charge < -0.3 is 0 Å². The van der Waals surface area contributed by atoms with E-state index in [9.17, 15) is 0 Å². The van der Waals surface area contributed by atoms with Crippen molar-refractivity contribution in [1.29, 1.82) is 5.26 Å². The fourth-order valence-electron chi connectivity index (χ4n) is 1.90. The molecule has 0 aliphatic rings. The van der Waals surface area contributed by atoms with Crippen LogP contribution >= 0.6 is 0 Å². The zero-order valence-electron chi connectivity index (χ0n) is 10.1. The van der Waals surface area contributed by atoms with E-state index < -0.39 is 0 Å². The molecule has 1 aromatic heterocycles. The predicted molar refractivity (Wildman–Crippen MR) is 67.0 cm³/mol. The van der Waals surface area contributed by atoms with Crippen LogP contribution in [0.1, 0.15) is 30.7 Å². The number of aryl methyl sites for hydroxylation is 1. The third kappa shape index (κ3) is 2.07. The molecule has 2 rings (SSSR count). The second kappa shape index (κ2) is 4.84. The van der Waals surface area contributed by atoms with Gasteiger partial charge in [0.2, 0.25) is 0 Å². The molecule has 0 amide bonds. The van der Waals surface area contributed by atoms with Crippen LogP contribution in [0.5, 0.6) is 0 Å². The second-order valence-corrected chi connectivity index (χ2v) is 3.90. The van der Waals surface area contributed by atoms with Crippen LogP contribution in [0.2, 0.25) is 0 Å². The molecule has 0 atom stereocenters. The molecule has 0 bridgehead atoms. The second-order valence-electron chi connectivity index (χ2n) is 3.90. The van der Waals surface area contributed by atoms with E-state index in [1.165, 1.54) is 5.56 Å². The molecule has 0 radical (unpaired) electrons. The van der Waals surface area contributed by atoms with E-state index in [2.05, 4.69) is 30.2 Å². The van der Waals surface area contributed by atoms with Gasteiger partial charge in [-0.2, -0.15) is 10.4 Å². The van der Waals surface area contributed by atoms with Crippen molar-refractivity contribution in [2.24, 2.45) is 0 Å². The van der Waals surface area contributed by atoms with Gasteiger partial charge in [-0.3, -0.25) is 0 Å². The van der Waals surface area contributed by atoms with Crippen LogP contribution in [0, 0.1) is 11.3 Å². The van der Waals surface area contributed by atoms with Gasteiger partial charge in [0, 0.05) is 0 Å². The van der Waals surface area contributed by atoms with Crippen molar-refractivity contribution in [1.82, 2.24) is 9.78 Å². The SMILES string of the molecule is CCc1ccc(-n2ncc(C#N)c2CC)cc1. The molecule has 3 nitrogen and oxygen atoms in total. The van der Waals surface area contributed by atoms with Gasteiger partial charge >= 0.3 is 0 Å². The summed E-state index contributed by atoms with van der Waals surface area (Å²) in [6.07, 6.45) is 3.47. The summed E-state index contributed by atoms with van der Waals surface area (Å²) in [5, 5.41) is 13.3. The van der Waals surface area contributed by atoms with Crippen molar-refractivity contribution in [2.75, 3.05) is 0 Å². The van der Waals surface area contributed by atoms with Crippen LogP contribution in [-0.4, -0.2) is 9.78 Å². The Morgan fingerprint density at radius 2 is 1.88 bits per heavy atom. The van der Waals surface area contributed by atoms with Crippen molar-refractivity contribution in [3.05, 3.63) is 47.3 Å². The Labute approximate surface area is 101 Å². The summed E-state index contributed by atoms with van der Waals surface area (Å²) >= 11 is 0. The zero-order valence-corrected chi connectivity index (χ0v) is 10.1. The molecular formula is C14H15N3. The molecule has 0 N–H and O–H groups in total. The molecule has 1 heterocycles. The summed E-state index contributed by atoms with van der Waals surface area (Å²) < 4.78 is 1.85. The molecule has 0 aliphatic heterocycles. The first kappa shape index (κ1) is 11.4. The highest BCUT2D eigenvalue weighted by atomic mass is 15.3. The summed E-state index contributed by atoms with van der Waals surface area (Å²) in [5.74, 6) is 0. The summed E-state index contributed by atoms with van der Waals surface area (Å²) in [7, 11) is 0. The molecule has 0 saturated heterocycles. The first-order chi connectivity index (χ1) is 8.30. The fraction of sp³-hybridized carbons (Fsp3) is 0.286. The van der Waals surface area contributed by atoms with E-state index >= 15 is 0 Å². The number of aromatic nitrogens is 2. The summed E-state index contributed by atoms with van der Waals surface area (Å²) in [6, 6.07) is 10.5. The maximum atomic E-state index is 8.99. The number of hydrogen-bond donors (Lipinski definition) is 0. The molecule has 0 aliphatic carbocycles. The van der Waals surface area contributed by atoms with Gasteiger partial charge in [-0.25, -0.2) is 4.68 Å². The minimum Gasteiger partial charge on any atom is -0.236 e. The van der Waals surface area contributed by atoms with E-state index in [1.54, 1.807) is 6.20 Å². The normalized spacial score (nSPS) is 10.2. The van der Waals surface area contributed by atoms with Crippen LogP contribution < -0.4 is 0 Å². The van der Waals surface area contributed by atoms with E-state index in [-0.39, 0.29) is 0 Å². The number of nitrogens with zero attached hydrogens (tertiary/aromatic N) is 3. The van der Waals surface area contributed by atoms with Crippen LogP contribution in [0.4, 0.5) is 0 Å². The maximum absolute atomic E-state index is 8.99. The van der Waals surface area contributed by atoms with Gasteiger partial charge in [-0.05, 0) is 30.5 Å². The average Bonchev–Trinajstić information content (AvgIpc) is 2.81. The van der Waals surface area contributed by atoms with Gasteiger partial charge in [-0.15, -0.1) is 0 Å². The predicted octanol–water partition coefficient (Wildman–Crippen LogP) is 2.87. The number of hydrogen-bond acceptors (Lipinski definition) is 2. The van der Waals surface area contributed by atoms with Crippen LogP contribution in [-0.2, 0) is 12.8 Å². The Hall–Kier alpha value is -2.08. The monoisotopic (exact) mass is 225 g/mol. The highest BCUT2D eigenvalue weighted by molar-refractivity contribution is 5.40. The quantitative estimate of drug-likeness (QED) is 0.806. The first-order valence-electron chi connectivity index (χ1n) is 5.86. The van der Waals surface area contributed by atoms with E-state index in [0.717, 1.165) is 24.2 Å². The third-order valence-electron chi connectivity index (χ3n) is 2.91. The van der Waals surface area contributed by atoms with Gasteiger partial charge in [0.15, 0.2) is 0 Å². The lowest BCUT2D eigenvalue weighted by molar-refractivity contribution is 0.812. The topological polar surface area (TPSA) is 41.6 Å². The van der Waals surface area contributed by atoms with Crippen molar-refractivity contribution in [3.63, 3.8) is 0 Å². The first-order valence-corrected chi connectivity index (χ1v) is 5.86. The van der Waals surface area contributed by atoms with Gasteiger partial charge in [0.05, 0.1) is 23.1 Å². The van der Waals surface area contributed by atoms with E-state index in [0.29, 0.717) is 5.56 Å². The standard InChI is InChI=1S/C14H15N3/c1-3-11-5-7-13(8-6-11)17-14(4-2)12(9-15)10-16-17/h5-8,10H,3-4H2,1-2H3. The highest BCUT2D eigenvalue weighted by Crippen LogP contribution is 2.15. The zero-order chi connectivity index (χ0) is 12.3. The van der Waals surface area contributed by atoms with Crippen molar-refractivity contribution < 1.29 is 0 Å². The van der Waals surface area contributed by atoms with Gasteiger partial charge in [-0.1, -0.05) is 26.0 Å². The minimum absolute atomic E-state index is 0.659. The minimum atomic E-state index is 0.659. The smallest absolute Gasteiger partial charge is 0.103 e. The number of benzene rings is 1. The molecule has 0 spiro atoms. The van der Waals surface area contributed by atoms with E-state index in [4.69, 9.17) is 5.26 Å². The average molecular weight is 225 g/mol. The lowest BCUT2D eigenvalue weighted by atomic mass is 10.1. The molecule has 17 heavy (non-hydrogen) atoms. The number of nitriles is 1.